The van der Waals surface area contributed by atoms with E-state index in [4.69, 9.17) is 11.6 Å². The van der Waals surface area contributed by atoms with Gasteiger partial charge in [-0.25, -0.2) is 22.2 Å². The van der Waals surface area contributed by atoms with E-state index in [9.17, 15) is 17.2 Å². The molecule has 3 rings (SSSR count). The Balaban J connectivity index is 1.98. The van der Waals surface area contributed by atoms with E-state index < -0.39 is 21.7 Å². The molecule has 0 unspecified atom stereocenters. The number of aromatic nitrogens is 1. The number of rotatable bonds is 3. The molecule has 3 aromatic rings. The van der Waals surface area contributed by atoms with Crippen molar-refractivity contribution in [3.8, 4) is 0 Å². The highest BCUT2D eigenvalue weighted by Gasteiger charge is 2.19. The molecule has 21 heavy (non-hydrogen) atoms. The van der Waals surface area contributed by atoms with Crippen LogP contribution in [0.25, 0.3) is 10.2 Å². The first-order valence-electron chi connectivity index (χ1n) is 5.39. The van der Waals surface area contributed by atoms with Crippen LogP contribution in [0.4, 0.5) is 13.9 Å². The van der Waals surface area contributed by atoms with Crippen LogP contribution in [0.15, 0.2) is 28.5 Å². The first kappa shape index (κ1) is 14.6. The number of nitrogens with one attached hydrogen (secondary N) is 1. The van der Waals surface area contributed by atoms with Gasteiger partial charge >= 0.3 is 0 Å². The molecule has 0 aliphatic rings. The van der Waals surface area contributed by atoms with E-state index in [0.29, 0.717) is 9.04 Å². The maximum Gasteiger partial charge on any atom is 0.273 e. The van der Waals surface area contributed by atoms with Gasteiger partial charge in [0.05, 0.1) is 14.6 Å². The number of sulfonamides is 1. The molecule has 0 fully saturated rings. The molecule has 0 aliphatic carbocycles. The highest BCUT2D eigenvalue weighted by molar-refractivity contribution is 7.95. The third-order valence-electron chi connectivity index (χ3n) is 2.47. The Morgan fingerprint density at radius 1 is 1.14 bits per heavy atom. The third-order valence-corrected chi connectivity index (χ3v) is 6.59. The molecule has 2 heterocycles. The van der Waals surface area contributed by atoms with Crippen molar-refractivity contribution in [1.82, 2.24) is 4.98 Å². The Labute approximate surface area is 131 Å². The van der Waals surface area contributed by atoms with Crippen molar-refractivity contribution in [2.45, 2.75) is 4.21 Å². The van der Waals surface area contributed by atoms with Gasteiger partial charge in [0, 0.05) is 6.07 Å². The van der Waals surface area contributed by atoms with E-state index >= 15 is 0 Å². The maximum absolute atomic E-state index is 13.1. The summed E-state index contributed by atoms with van der Waals surface area (Å²) in [5.41, 5.74) is 0.181. The van der Waals surface area contributed by atoms with Crippen LogP contribution in [0.1, 0.15) is 0 Å². The summed E-state index contributed by atoms with van der Waals surface area (Å²) in [6, 6.07) is 4.72. The van der Waals surface area contributed by atoms with Crippen LogP contribution >= 0.6 is 34.3 Å². The average molecular weight is 367 g/mol. The van der Waals surface area contributed by atoms with Crippen LogP contribution in [-0.4, -0.2) is 13.4 Å². The van der Waals surface area contributed by atoms with Crippen molar-refractivity contribution < 1.29 is 17.2 Å². The largest absolute Gasteiger partial charge is 0.273 e. The second-order valence-corrected chi connectivity index (χ2v) is 8.57. The Kier molecular flexibility index (Phi) is 3.60. The Morgan fingerprint density at radius 2 is 1.86 bits per heavy atom. The van der Waals surface area contributed by atoms with Gasteiger partial charge in [0.2, 0.25) is 0 Å². The lowest BCUT2D eigenvalue weighted by atomic mass is 10.3. The molecule has 0 aliphatic heterocycles. The normalized spacial score (nSPS) is 12.0. The predicted molar refractivity (Wildman–Crippen MR) is 79.7 cm³/mol. The zero-order chi connectivity index (χ0) is 15.2. The summed E-state index contributed by atoms with van der Waals surface area (Å²) in [4.78, 5) is 3.93. The molecule has 1 N–H and O–H groups in total. The second-order valence-electron chi connectivity index (χ2n) is 3.92. The van der Waals surface area contributed by atoms with Crippen molar-refractivity contribution in [3.63, 3.8) is 0 Å². The minimum absolute atomic E-state index is 0.0273. The molecule has 2 aromatic heterocycles. The fourth-order valence-electron chi connectivity index (χ4n) is 1.57. The maximum atomic E-state index is 13.1. The van der Waals surface area contributed by atoms with Gasteiger partial charge in [-0.2, -0.15) is 0 Å². The topological polar surface area (TPSA) is 59.1 Å². The lowest BCUT2D eigenvalue weighted by Crippen LogP contribution is -2.10. The molecule has 4 nitrogen and oxygen atoms in total. The van der Waals surface area contributed by atoms with Gasteiger partial charge in [-0.15, -0.1) is 11.3 Å². The van der Waals surface area contributed by atoms with Gasteiger partial charge < -0.3 is 0 Å². The highest BCUT2D eigenvalue weighted by atomic mass is 35.5. The number of nitrogens with zero attached hydrogens (tertiary/aromatic N) is 1. The molecule has 0 saturated heterocycles. The van der Waals surface area contributed by atoms with Gasteiger partial charge in [-0.05, 0) is 18.2 Å². The quantitative estimate of drug-likeness (QED) is 0.759. The zero-order valence-corrected chi connectivity index (χ0v) is 13.1. The van der Waals surface area contributed by atoms with E-state index in [1.807, 2.05) is 0 Å². The summed E-state index contributed by atoms with van der Waals surface area (Å²) in [7, 11) is -3.82. The minimum Gasteiger partial charge on any atom is -0.254 e. The summed E-state index contributed by atoms with van der Waals surface area (Å²) in [6.07, 6.45) is 0. The van der Waals surface area contributed by atoms with Crippen LogP contribution in [0.3, 0.4) is 0 Å². The van der Waals surface area contributed by atoms with Crippen molar-refractivity contribution in [1.29, 1.82) is 0 Å². The summed E-state index contributed by atoms with van der Waals surface area (Å²) >= 11 is 7.51. The fraction of sp³-hybridized carbons (Fsp3) is 0. The van der Waals surface area contributed by atoms with Crippen molar-refractivity contribution in [3.05, 3.63) is 40.2 Å². The van der Waals surface area contributed by atoms with Gasteiger partial charge in [0.15, 0.2) is 16.8 Å². The number of anilines is 1. The van der Waals surface area contributed by atoms with E-state index in [0.717, 1.165) is 34.8 Å². The number of hydrogen-bond donors (Lipinski definition) is 1. The minimum atomic E-state index is -3.82. The van der Waals surface area contributed by atoms with Crippen LogP contribution in [-0.2, 0) is 10.0 Å². The standard InChI is InChI=1S/C11H5ClF2N2O2S3/c12-9-1-2-10(20-9)21(17,18)16-11-15-7-3-5(13)6(14)4-8(7)19-11/h1-4H,(H,15,16). The molecule has 0 spiro atoms. The van der Waals surface area contributed by atoms with Crippen LogP contribution < -0.4 is 4.72 Å². The molecule has 0 amide bonds. The number of thiazole rings is 1. The predicted octanol–water partition coefficient (Wildman–Crippen LogP) is 4.09. The summed E-state index contributed by atoms with van der Waals surface area (Å²) in [5, 5.41) is 0.0273. The van der Waals surface area contributed by atoms with Crippen molar-refractivity contribution >= 4 is 59.6 Å². The number of halogens is 3. The van der Waals surface area contributed by atoms with Gasteiger partial charge in [-0.3, -0.25) is 4.72 Å². The van der Waals surface area contributed by atoms with Gasteiger partial charge in [-0.1, -0.05) is 22.9 Å². The summed E-state index contributed by atoms with van der Waals surface area (Å²) in [6.45, 7) is 0. The van der Waals surface area contributed by atoms with E-state index in [-0.39, 0.29) is 14.9 Å². The molecular weight excluding hydrogens is 362 g/mol. The monoisotopic (exact) mass is 366 g/mol. The lowest BCUT2D eigenvalue weighted by molar-refractivity contribution is 0.511. The number of benzene rings is 1. The summed E-state index contributed by atoms with van der Waals surface area (Å²) < 4.78 is 53.4. The Morgan fingerprint density at radius 3 is 2.52 bits per heavy atom. The van der Waals surface area contributed by atoms with E-state index in [2.05, 4.69) is 9.71 Å². The SMILES string of the molecule is O=S(=O)(Nc1nc2cc(F)c(F)cc2s1)c1ccc(Cl)s1. The van der Waals surface area contributed by atoms with E-state index in [1.54, 1.807) is 0 Å². The molecular formula is C11H5ClF2N2O2S3. The molecule has 1 aromatic carbocycles. The van der Waals surface area contributed by atoms with Crippen molar-refractivity contribution in [2.24, 2.45) is 0 Å². The van der Waals surface area contributed by atoms with Gasteiger partial charge in [0.25, 0.3) is 10.0 Å². The van der Waals surface area contributed by atoms with Crippen LogP contribution in [0.5, 0.6) is 0 Å². The molecule has 0 radical (unpaired) electrons. The Bertz CT molecular complexity index is 897. The summed E-state index contributed by atoms with van der Waals surface area (Å²) in [5.74, 6) is -2.04. The number of thiophene rings is 1. The first-order chi connectivity index (χ1) is 9.85. The molecule has 0 saturated carbocycles. The highest BCUT2D eigenvalue weighted by Crippen LogP contribution is 2.31. The van der Waals surface area contributed by atoms with Gasteiger partial charge in [0.1, 0.15) is 4.21 Å². The lowest BCUT2D eigenvalue weighted by Gasteiger charge is -2.00. The second kappa shape index (κ2) is 5.16. The van der Waals surface area contributed by atoms with E-state index in [1.165, 1.54) is 12.1 Å². The molecule has 10 heteroatoms. The first-order valence-corrected chi connectivity index (χ1v) is 8.88. The molecule has 0 atom stereocenters. The average Bonchev–Trinajstić information content (AvgIpc) is 2.96. The smallest absolute Gasteiger partial charge is 0.254 e. The van der Waals surface area contributed by atoms with Crippen LogP contribution in [0.2, 0.25) is 4.34 Å². The Hall–Kier alpha value is -1.29. The van der Waals surface area contributed by atoms with Crippen molar-refractivity contribution in [2.75, 3.05) is 4.72 Å². The van der Waals surface area contributed by atoms with Crippen LogP contribution in [0, 0.1) is 11.6 Å². The fourth-order valence-corrected chi connectivity index (χ4v) is 5.16. The number of fused-ring (bicyclic) bond motifs is 1. The molecule has 110 valence electrons. The third kappa shape index (κ3) is 2.86. The molecule has 0 bridgehead atoms. The zero-order valence-electron chi connectivity index (χ0n) is 9.93. The number of hydrogen-bond acceptors (Lipinski definition) is 5.